The van der Waals surface area contributed by atoms with Crippen molar-refractivity contribution in [2.45, 2.75) is 52.4 Å². The largest absolute Gasteiger partial charge is 0.395 e. The first kappa shape index (κ1) is 16.3. The normalized spacial score (nSPS) is 16.5. The van der Waals surface area contributed by atoms with Crippen molar-refractivity contribution in [2.24, 2.45) is 0 Å². The van der Waals surface area contributed by atoms with E-state index < -0.39 is 16.9 Å². The Kier molecular flexibility index (Phi) is 7.04. The average Bonchev–Trinajstić information content (AvgIpc) is 2.35. The second-order valence-electron chi connectivity index (χ2n) is 4.47. The Morgan fingerprint density at radius 2 is 1.50 bits per heavy atom. The summed E-state index contributed by atoms with van der Waals surface area (Å²) in [5.41, 5.74) is 0. The Labute approximate surface area is 104 Å². The molecule has 0 aliphatic heterocycles. The molecule has 0 amide bonds. The van der Waals surface area contributed by atoms with Gasteiger partial charge >= 0.3 is 8.64 Å². The molecule has 0 heterocycles. The zero-order valence-corrected chi connectivity index (χ0v) is 14.2. The summed E-state index contributed by atoms with van der Waals surface area (Å²) in [7, 11) is 0.696. The topological polar surface area (TPSA) is 24.5 Å². The van der Waals surface area contributed by atoms with Crippen molar-refractivity contribution in [2.75, 3.05) is 20.7 Å². The van der Waals surface area contributed by atoms with E-state index in [-0.39, 0.29) is 0 Å². The molecule has 16 heavy (non-hydrogen) atoms. The molecule has 0 saturated heterocycles. The maximum atomic E-state index is 5.84. The highest BCUT2D eigenvalue weighted by Gasteiger charge is 2.46. The molecule has 98 valence electrons. The maximum Gasteiger partial charge on any atom is 0.344 e. The Hall–Kier alpha value is 0.314. The van der Waals surface area contributed by atoms with E-state index >= 15 is 0 Å². The first-order valence-corrected chi connectivity index (χ1v) is 11.4. The summed E-state index contributed by atoms with van der Waals surface area (Å²) in [6, 6.07) is 3.96. The molecule has 1 N–H and O–H groups in total. The summed E-state index contributed by atoms with van der Waals surface area (Å²) >= 11 is 0. The molecule has 0 bridgehead atoms. The second-order valence-corrected chi connectivity index (χ2v) is 13.4. The third-order valence-corrected chi connectivity index (χ3v) is 15.4. The highest BCUT2D eigenvalue weighted by atomic mass is 28.4. The van der Waals surface area contributed by atoms with Crippen molar-refractivity contribution in [3.63, 3.8) is 0 Å². The van der Waals surface area contributed by atoms with E-state index in [0.717, 1.165) is 6.54 Å². The van der Waals surface area contributed by atoms with Gasteiger partial charge in [0.1, 0.15) is 8.24 Å². The third-order valence-electron chi connectivity index (χ3n) is 4.24. The van der Waals surface area contributed by atoms with Gasteiger partial charge in [0.2, 0.25) is 0 Å². The van der Waals surface area contributed by atoms with E-state index in [1.54, 1.807) is 0 Å². The maximum absolute atomic E-state index is 5.84. The van der Waals surface area contributed by atoms with E-state index in [1.807, 2.05) is 14.2 Å². The van der Waals surface area contributed by atoms with Gasteiger partial charge in [-0.05, 0) is 38.3 Å². The van der Waals surface area contributed by atoms with Crippen LogP contribution in [0.1, 0.15) is 27.7 Å². The molecular weight excluding hydrogens is 232 g/mol. The van der Waals surface area contributed by atoms with E-state index in [0.29, 0.717) is 0 Å². The lowest BCUT2D eigenvalue weighted by Gasteiger charge is -2.48. The van der Waals surface area contributed by atoms with Gasteiger partial charge in [0.05, 0.1) is 0 Å². The molecule has 1 unspecified atom stereocenters. The van der Waals surface area contributed by atoms with Crippen LogP contribution >= 0.6 is 0 Å². The van der Waals surface area contributed by atoms with Crippen LogP contribution in [0.2, 0.25) is 24.7 Å². The summed E-state index contributed by atoms with van der Waals surface area (Å²) in [5.74, 6) is 0. The number of hydrogen-bond acceptors (Lipinski definition) is 3. The SMILES string of the molecule is CCN([Si](CC)(CC)CC)[Si](C)(NC)OC. The highest BCUT2D eigenvalue weighted by Crippen LogP contribution is 2.28. The van der Waals surface area contributed by atoms with Crippen molar-refractivity contribution in [1.82, 2.24) is 9.21 Å². The number of rotatable bonds is 8. The predicted molar refractivity (Wildman–Crippen MR) is 77.3 cm³/mol. The molecular formula is C11H30N2OSi2. The fraction of sp³-hybridized carbons (Fsp3) is 1.00. The number of hydrogen-bond donors (Lipinski definition) is 1. The quantitative estimate of drug-likeness (QED) is 0.681. The monoisotopic (exact) mass is 262 g/mol. The van der Waals surface area contributed by atoms with Crippen molar-refractivity contribution in [3.8, 4) is 0 Å². The van der Waals surface area contributed by atoms with Crippen LogP contribution in [-0.2, 0) is 4.43 Å². The lowest BCUT2D eigenvalue weighted by atomic mass is 10.8. The lowest BCUT2D eigenvalue weighted by molar-refractivity contribution is 0.333. The van der Waals surface area contributed by atoms with Crippen molar-refractivity contribution < 1.29 is 4.43 Å². The van der Waals surface area contributed by atoms with Crippen LogP contribution in [-0.4, -0.2) is 41.8 Å². The molecule has 3 nitrogen and oxygen atoms in total. The van der Waals surface area contributed by atoms with Crippen LogP contribution in [0.5, 0.6) is 0 Å². The molecule has 0 aromatic rings. The number of nitrogens with zero attached hydrogens (tertiary/aromatic N) is 1. The van der Waals surface area contributed by atoms with Crippen LogP contribution < -0.4 is 4.98 Å². The van der Waals surface area contributed by atoms with E-state index in [9.17, 15) is 0 Å². The van der Waals surface area contributed by atoms with E-state index in [4.69, 9.17) is 4.43 Å². The van der Waals surface area contributed by atoms with Crippen LogP contribution in [0.25, 0.3) is 0 Å². The minimum absolute atomic E-state index is 1.11. The van der Waals surface area contributed by atoms with Gasteiger partial charge in [-0.2, -0.15) is 0 Å². The Morgan fingerprint density at radius 3 is 1.69 bits per heavy atom. The fourth-order valence-electron chi connectivity index (χ4n) is 2.76. The van der Waals surface area contributed by atoms with Crippen LogP contribution in [0, 0.1) is 0 Å². The van der Waals surface area contributed by atoms with Gasteiger partial charge in [-0.1, -0.05) is 27.7 Å². The van der Waals surface area contributed by atoms with Crippen LogP contribution in [0.3, 0.4) is 0 Å². The van der Waals surface area contributed by atoms with Gasteiger partial charge in [-0.15, -0.1) is 0 Å². The highest BCUT2D eigenvalue weighted by molar-refractivity contribution is 6.88. The molecule has 0 aliphatic rings. The average molecular weight is 263 g/mol. The molecule has 0 saturated carbocycles. The van der Waals surface area contributed by atoms with Gasteiger partial charge in [0.15, 0.2) is 0 Å². The molecule has 5 heteroatoms. The molecule has 0 spiro atoms. The van der Waals surface area contributed by atoms with Gasteiger partial charge in [0, 0.05) is 7.11 Å². The zero-order chi connectivity index (χ0) is 12.8. The predicted octanol–water partition coefficient (Wildman–Crippen LogP) is 2.75. The Balaban J connectivity index is 5.21. The molecule has 0 fully saturated rings. The van der Waals surface area contributed by atoms with Crippen LogP contribution in [0.15, 0.2) is 0 Å². The standard InChI is InChI=1S/C11H30N2OSi2/c1-8-13(15(7,12-5)14-6)16(9-2,10-3)11-4/h12H,8-11H2,1-7H3. The second kappa shape index (κ2) is 6.91. The summed E-state index contributed by atoms with van der Waals surface area (Å²) in [6.07, 6.45) is 0. The minimum atomic E-state index is -1.88. The van der Waals surface area contributed by atoms with E-state index in [2.05, 4.69) is 43.5 Å². The molecule has 0 aliphatic carbocycles. The van der Waals surface area contributed by atoms with Crippen molar-refractivity contribution in [3.05, 3.63) is 0 Å². The van der Waals surface area contributed by atoms with Gasteiger partial charge < -0.3 is 13.6 Å². The van der Waals surface area contributed by atoms with Crippen molar-refractivity contribution >= 4 is 16.9 Å². The summed E-state index contributed by atoms with van der Waals surface area (Å²) in [4.78, 5) is 3.46. The van der Waals surface area contributed by atoms with E-state index in [1.165, 1.54) is 18.1 Å². The Morgan fingerprint density at radius 1 is 1.06 bits per heavy atom. The smallest absolute Gasteiger partial charge is 0.344 e. The molecule has 0 radical (unpaired) electrons. The van der Waals surface area contributed by atoms with Crippen LogP contribution in [0.4, 0.5) is 0 Å². The summed E-state index contributed by atoms with van der Waals surface area (Å²) in [6.45, 7) is 12.7. The van der Waals surface area contributed by atoms with Gasteiger partial charge in [-0.3, -0.25) is 0 Å². The van der Waals surface area contributed by atoms with Crippen molar-refractivity contribution in [1.29, 1.82) is 0 Å². The molecule has 0 aromatic heterocycles. The lowest BCUT2D eigenvalue weighted by Crippen LogP contribution is -2.71. The third kappa shape index (κ3) is 2.95. The van der Waals surface area contributed by atoms with Gasteiger partial charge in [0.25, 0.3) is 0 Å². The first-order valence-electron chi connectivity index (χ1n) is 6.51. The molecule has 0 rings (SSSR count). The Bertz CT molecular complexity index is 186. The summed E-state index contributed by atoms with van der Waals surface area (Å²) < 4.78 is 8.56. The molecule has 0 aromatic carbocycles. The van der Waals surface area contributed by atoms with Gasteiger partial charge in [-0.25, -0.2) is 0 Å². The molecule has 1 atom stereocenters. The fourth-order valence-corrected chi connectivity index (χ4v) is 13.0. The summed E-state index contributed by atoms with van der Waals surface area (Å²) in [5, 5.41) is 0. The minimum Gasteiger partial charge on any atom is -0.395 e. The first-order chi connectivity index (χ1) is 7.50. The number of nitrogens with one attached hydrogen (secondary N) is 1. The zero-order valence-electron chi connectivity index (χ0n) is 12.2.